The van der Waals surface area contributed by atoms with E-state index in [1.54, 1.807) is 12.1 Å². The predicted octanol–water partition coefficient (Wildman–Crippen LogP) is 5.16. The van der Waals surface area contributed by atoms with Crippen molar-refractivity contribution in [2.75, 3.05) is 31.6 Å². The number of nitrogens with one attached hydrogen (secondary N) is 1. The highest BCUT2D eigenvalue weighted by Gasteiger charge is 2.34. The lowest BCUT2D eigenvalue weighted by atomic mass is 10.1. The number of sulfonamides is 1. The maximum atomic E-state index is 14.3. The van der Waals surface area contributed by atoms with Crippen LogP contribution in [0.1, 0.15) is 48.9 Å². The minimum atomic E-state index is -4.27. The van der Waals surface area contributed by atoms with Gasteiger partial charge >= 0.3 is 0 Å². The molecule has 0 bridgehead atoms. The normalized spacial score (nSPS) is 11.9. The molecular formula is C33H43N3O6S. The monoisotopic (exact) mass is 609 g/mol. The number of amides is 2. The van der Waals surface area contributed by atoms with E-state index in [1.165, 1.54) is 37.3 Å². The smallest absolute Gasteiger partial charge is 0.264 e. The van der Waals surface area contributed by atoms with Gasteiger partial charge in [0.05, 0.1) is 24.8 Å². The van der Waals surface area contributed by atoms with Crippen molar-refractivity contribution >= 4 is 27.5 Å². The summed E-state index contributed by atoms with van der Waals surface area (Å²) in [6.45, 7) is 9.62. The van der Waals surface area contributed by atoms with Crippen LogP contribution in [0, 0.1) is 20.8 Å². The van der Waals surface area contributed by atoms with E-state index in [-0.39, 0.29) is 23.1 Å². The lowest BCUT2D eigenvalue weighted by molar-refractivity contribution is -0.140. The number of nitrogens with zero attached hydrogens (tertiary/aromatic N) is 2. The van der Waals surface area contributed by atoms with Crippen molar-refractivity contribution in [3.8, 4) is 11.5 Å². The van der Waals surface area contributed by atoms with Gasteiger partial charge in [0.2, 0.25) is 11.8 Å². The molecule has 2 amide bonds. The van der Waals surface area contributed by atoms with Crippen LogP contribution in [0.25, 0.3) is 0 Å². The Morgan fingerprint density at radius 2 is 1.47 bits per heavy atom. The molecule has 10 heteroatoms. The Balaban J connectivity index is 2.12. The van der Waals surface area contributed by atoms with Crippen LogP contribution < -0.4 is 19.1 Å². The third kappa shape index (κ3) is 8.28. The van der Waals surface area contributed by atoms with E-state index in [2.05, 4.69) is 5.32 Å². The molecule has 0 heterocycles. The molecule has 0 aliphatic carbocycles. The number of benzene rings is 3. The number of aryl methyl sites for hydroxylation is 3. The molecule has 3 aromatic carbocycles. The zero-order valence-corrected chi connectivity index (χ0v) is 27.0. The lowest BCUT2D eigenvalue weighted by Crippen LogP contribution is -2.52. The van der Waals surface area contributed by atoms with E-state index < -0.39 is 28.5 Å². The van der Waals surface area contributed by atoms with Crippen LogP contribution in [0.4, 0.5) is 5.69 Å². The first-order chi connectivity index (χ1) is 20.4. The second-order valence-corrected chi connectivity index (χ2v) is 12.5. The van der Waals surface area contributed by atoms with Crippen LogP contribution >= 0.6 is 0 Å². The molecule has 0 unspecified atom stereocenters. The summed E-state index contributed by atoms with van der Waals surface area (Å²) in [4.78, 5) is 28.9. The van der Waals surface area contributed by atoms with Crippen LogP contribution in [0.5, 0.6) is 11.5 Å². The Morgan fingerprint density at radius 3 is 2.02 bits per heavy atom. The first kappa shape index (κ1) is 33.5. The Hall–Kier alpha value is -4.05. The first-order valence-corrected chi connectivity index (χ1v) is 15.8. The number of carbonyl (C=O) groups excluding carboxylic acids is 2. The van der Waals surface area contributed by atoms with Crippen molar-refractivity contribution in [3.63, 3.8) is 0 Å². The van der Waals surface area contributed by atoms with Gasteiger partial charge in [-0.2, -0.15) is 0 Å². The van der Waals surface area contributed by atoms with Crippen molar-refractivity contribution < 1.29 is 27.5 Å². The zero-order chi connectivity index (χ0) is 31.7. The van der Waals surface area contributed by atoms with Crippen LogP contribution in [0.3, 0.4) is 0 Å². The molecule has 0 aromatic heterocycles. The van der Waals surface area contributed by atoms with Gasteiger partial charge in [-0.3, -0.25) is 13.9 Å². The largest absolute Gasteiger partial charge is 0.493 e. The van der Waals surface area contributed by atoms with E-state index in [9.17, 15) is 18.0 Å². The molecule has 3 rings (SSSR count). The molecule has 0 saturated heterocycles. The van der Waals surface area contributed by atoms with Crippen LogP contribution in [0.15, 0.2) is 65.6 Å². The summed E-state index contributed by atoms with van der Waals surface area (Å²) in [5.41, 5.74) is 3.94. The van der Waals surface area contributed by atoms with Crippen molar-refractivity contribution in [1.82, 2.24) is 10.2 Å². The molecule has 232 valence electrons. The number of methoxy groups -OCH3 is 2. The van der Waals surface area contributed by atoms with Crippen LogP contribution in [0.2, 0.25) is 0 Å². The van der Waals surface area contributed by atoms with Gasteiger partial charge in [0.1, 0.15) is 12.6 Å². The second-order valence-electron chi connectivity index (χ2n) is 10.6. The summed E-state index contributed by atoms with van der Waals surface area (Å²) < 4.78 is 40.3. The third-order valence-corrected chi connectivity index (χ3v) is 8.89. The minimum absolute atomic E-state index is 0.0603. The van der Waals surface area contributed by atoms with Gasteiger partial charge in [0.25, 0.3) is 10.0 Å². The summed E-state index contributed by atoms with van der Waals surface area (Å²) >= 11 is 0. The van der Waals surface area contributed by atoms with Gasteiger partial charge < -0.3 is 19.7 Å². The maximum Gasteiger partial charge on any atom is 0.264 e. The average Bonchev–Trinajstić information content (AvgIpc) is 2.98. The highest BCUT2D eigenvalue weighted by molar-refractivity contribution is 7.92. The van der Waals surface area contributed by atoms with E-state index in [1.807, 2.05) is 65.0 Å². The SMILES string of the molecule is CCCNC(=O)[C@@H](CC)N(Cc1ccc(C)cc1)C(=O)CN(c1cc(C)cc(C)c1)S(=O)(=O)c1ccc(OC)c(OC)c1. The van der Waals surface area contributed by atoms with E-state index in [4.69, 9.17) is 9.47 Å². The molecular weight excluding hydrogens is 566 g/mol. The lowest BCUT2D eigenvalue weighted by Gasteiger charge is -2.33. The highest BCUT2D eigenvalue weighted by Crippen LogP contribution is 2.33. The zero-order valence-electron chi connectivity index (χ0n) is 26.1. The second kappa shape index (κ2) is 14.9. The quantitative estimate of drug-likeness (QED) is 0.271. The summed E-state index contributed by atoms with van der Waals surface area (Å²) in [7, 11) is -1.37. The Kier molecular flexibility index (Phi) is 11.6. The third-order valence-electron chi connectivity index (χ3n) is 7.12. The highest BCUT2D eigenvalue weighted by atomic mass is 32.2. The van der Waals surface area contributed by atoms with E-state index in [0.29, 0.717) is 24.4 Å². The molecule has 0 saturated carbocycles. The fourth-order valence-electron chi connectivity index (χ4n) is 4.90. The van der Waals surface area contributed by atoms with Gasteiger partial charge in [-0.25, -0.2) is 8.42 Å². The van der Waals surface area contributed by atoms with Gasteiger partial charge in [0, 0.05) is 19.2 Å². The minimum Gasteiger partial charge on any atom is -0.493 e. The molecule has 0 fully saturated rings. The summed E-state index contributed by atoms with van der Waals surface area (Å²) in [5, 5.41) is 2.90. The van der Waals surface area contributed by atoms with Crippen LogP contribution in [-0.2, 0) is 26.2 Å². The topological polar surface area (TPSA) is 105 Å². The summed E-state index contributed by atoms with van der Waals surface area (Å²) in [6, 6.07) is 16.6. The first-order valence-electron chi connectivity index (χ1n) is 14.4. The molecule has 9 nitrogen and oxygen atoms in total. The molecule has 1 atom stereocenters. The molecule has 43 heavy (non-hydrogen) atoms. The van der Waals surface area contributed by atoms with Crippen molar-refractivity contribution in [3.05, 3.63) is 82.9 Å². The average molecular weight is 610 g/mol. The number of hydrogen-bond donors (Lipinski definition) is 1. The maximum absolute atomic E-state index is 14.3. The molecule has 0 spiro atoms. The molecule has 0 radical (unpaired) electrons. The fourth-order valence-corrected chi connectivity index (χ4v) is 6.32. The number of rotatable bonds is 14. The van der Waals surface area contributed by atoms with E-state index in [0.717, 1.165) is 33.0 Å². The fraction of sp³-hybridized carbons (Fsp3) is 0.394. The molecule has 1 N–H and O–H groups in total. The number of carbonyl (C=O) groups is 2. The predicted molar refractivity (Wildman–Crippen MR) is 169 cm³/mol. The summed E-state index contributed by atoms with van der Waals surface area (Å²) in [5.74, 6) is -0.147. The van der Waals surface area contributed by atoms with Crippen molar-refractivity contribution in [2.24, 2.45) is 0 Å². The number of anilines is 1. The summed E-state index contributed by atoms with van der Waals surface area (Å²) in [6.07, 6.45) is 1.11. The van der Waals surface area contributed by atoms with Gasteiger partial charge in [-0.15, -0.1) is 0 Å². The van der Waals surface area contributed by atoms with Gasteiger partial charge in [-0.05, 0) is 74.6 Å². The Morgan fingerprint density at radius 1 is 0.837 bits per heavy atom. The van der Waals surface area contributed by atoms with Gasteiger partial charge in [0.15, 0.2) is 11.5 Å². The molecule has 0 aliphatic rings. The standard InChI is InChI=1S/C33H43N3O6S/c1-8-16-34-33(38)29(9-2)35(21-26-12-10-23(3)11-13-26)32(37)22-36(27-18-24(4)17-25(5)19-27)43(39,40)28-14-15-30(41-6)31(20-28)42-7/h10-15,17-20,29H,8-9,16,21-22H2,1-7H3,(H,34,38)/t29-/m1/s1. The van der Waals surface area contributed by atoms with Crippen molar-refractivity contribution in [2.45, 2.75) is 64.9 Å². The Bertz CT molecular complexity index is 1500. The van der Waals surface area contributed by atoms with Crippen molar-refractivity contribution in [1.29, 1.82) is 0 Å². The molecule has 0 aliphatic heterocycles. The molecule has 3 aromatic rings. The van der Waals surface area contributed by atoms with E-state index >= 15 is 0 Å². The number of hydrogen-bond acceptors (Lipinski definition) is 6. The van der Waals surface area contributed by atoms with Gasteiger partial charge in [-0.1, -0.05) is 49.7 Å². The van der Waals surface area contributed by atoms with Crippen LogP contribution in [-0.4, -0.2) is 58.5 Å². The Labute approximate surface area is 255 Å². The number of ether oxygens (including phenoxy) is 2.